The first-order valence-electron chi connectivity index (χ1n) is 13.3. The second kappa shape index (κ2) is 14.1. The van der Waals surface area contributed by atoms with Crippen molar-refractivity contribution in [1.82, 2.24) is 0 Å². The monoisotopic (exact) mass is 856 g/mol. The molecule has 0 radical (unpaired) electrons. The van der Waals surface area contributed by atoms with E-state index < -0.39 is 60.7 Å². The maximum absolute atomic E-state index is 13.4. The summed E-state index contributed by atoms with van der Waals surface area (Å²) < 4.78 is 73.9. The molecular formula is C33H30I2O7S2. The first-order chi connectivity index (χ1) is 21.1. The third kappa shape index (κ3) is 7.87. The predicted molar refractivity (Wildman–Crippen MR) is 188 cm³/mol. The summed E-state index contributed by atoms with van der Waals surface area (Å²) in [4.78, 5) is 0.184. The summed E-state index contributed by atoms with van der Waals surface area (Å²) >= 11 is -6.00. The summed E-state index contributed by atoms with van der Waals surface area (Å²) in [6, 6.07) is 36.9. The number of hydrogen-bond donors (Lipinski definition) is 0. The van der Waals surface area contributed by atoms with Crippen molar-refractivity contribution in [3.05, 3.63) is 153 Å². The number of hydrogen-bond acceptors (Lipinski definition) is 7. The molecule has 0 N–H and O–H groups in total. The summed E-state index contributed by atoms with van der Waals surface area (Å²) in [5.74, 6) is 0.644. The molecule has 0 bridgehead atoms. The normalized spacial score (nSPS) is 12.4. The van der Waals surface area contributed by atoms with Crippen molar-refractivity contribution in [2.24, 2.45) is 0 Å². The zero-order valence-corrected chi connectivity index (χ0v) is 30.0. The fourth-order valence-corrected chi connectivity index (χ4v) is 17.7. The molecule has 5 rings (SSSR count). The summed E-state index contributed by atoms with van der Waals surface area (Å²) in [5, 5.41) is 0. The zero-order chi connectivity index (χ0) is 31.3. The Morgan fingerprint density at radius 3 is 1.16 bits per heavy atom. The van der Waals surface area contributed by atoms with E-state index >= 15 is 0 Å². The van der Waals surface area contributed by atoms with Crippen LogP contribution in [-0.2, 0) is 25.3 Å². The number of ether oxygens (including phenoxy) is 1. The fourth-order valence-electron chi connectivity index (χ4n) is 3.92. The molecule has 5 aromatic rings. The van der Waals surface area contributed by atoms with Gasteiger partial charge in [0.1, 0.15) is 0 Å². The van der Waals surface area contributed by atoms with Crippen molar-refractivity contribution < 1.29 is 26.6 Å². The first kappa shape index (κ1) is 32.6. The Morgan fingerprint density at radius 1 is 0.455 bits per heavy atom. The van der Waals surface area contributed by atoms with Crippen LogP contribution in [0.25, 0.3) is 0 Å². The molecule has 44 heavy (non-hydrogen) atoms. The van der Waals surface area contributed by atoms with Crippen LogP contribution in [-0.4, -0.2) is 23.9 Å². The third-order valence-corrected chi connectivity index (χ3v) is 21.0. The average Bonchev–Trinajstić information content (AvgIpc) is 3.04. The molecule has 0 saturated carbocycles. The number of rotatable bonds is 11. The molecule has 0 heterocycles. The molecule has 0 amide bonds. The van der Waals surface area contributed by atoms with E-state index in [1.165, 1.54) is 0 Å². The Balaban J connectivity index is 1.52. The van der Waals surface area contributed by atoms with Gasteiger partial charge >= 0.3 is 277 Å². The third-order valence-electron chi connectivity index (χ3n) is 6.29. The van der Waals surface area contributed by atoms with Crippen LogP contribution in [0.2, 0.25) is 0 Å². The number of aryl methyl sites for hydroxylation is 2. The van der Waals surface area contributed by atoms with Crippen LogP contribution in [0, 0.1) is 28.1 Å². The van der Waals surface area contributed by atoms with Gasteiger partial charge in [-0.1, -0.05) is 0 Å². The Morgan fingerprint density at radius 2 is 0.795 bits per heavy atom. The number of methoxy groups -OCH3 is 1. The van der Waals surface area contributed by atoms with E-state index in [-0.39, 0.29) is 9.79 Å². The quantitative estimate of drug-likeness (QED) is 0.124. The van der Waals surface area contributed by atoms with Crippen LogP contribution in [0.1, 0.15) is 11.1 Å². The second-order valence-corrected chi connectivity index (χ2v) is 22.5. The second-order valence-electron chi connectivity index (χ2n) is 9.55. The fraction of sp³-hybridized carbons (Fsp3) is 0.0909. The molecule has 230 valence electrons. The topological polar surface area (TPSA) is 96.0 Å². The van der Waals surface area contributed by atoms with Gasteiger partial charge in [0.25, 0.3) is 0 Å². The van der Waals surface area contributed by atoms with Crippen molar-refractivity contribution in [1.29, 1.82) is 0 Å². The van der Waals surface area contributed by atoms with E-state index in [1.807, 2.05) is 80.6 Å². The average molecular weight is 857 g/mol. The Hall–Kier alpha value is -2.82. The molecule has 0 saturated heterocycles. The molecule has 11 heteroatoms. The molecule has 0 spiro atoms. The van der Waals surface area contributed by atoms with Crippen LogP contribution in [0.15, 0.2) is 137 Å². The van der Waals surface area contributed by atoms with Crippen LogP contribution in [0.3, 0.4) is 0 Å². The first-order valence-corrected chi connectivity index (χ1v) is 22.2. The minimum atomic E-state index is -4.07. The van der Waals surface area contributed by atoms with Gasteiger partial charge in [-0.15, -0.1) is 0 Å². The Kier molecular flexibility index (Phi) is 10.4. The number of benzene rings is 5. The number of halogens is 2. The van der Waals surface area contributed by atoms with Gasteiger partial charge in [-0.05, 0) is 0 Å². The van der Waals surface area contributed by atoms with Gasteiger partial charge in [-0.2, -0.15) is 0 Å². The van der Waals surface area contributed by atoms with Crippen LogP contribution < -0.4 is 4.74 Å². The molecule has 0 aliphatic heterocycles. The molecule has 0 aromatic heterocycles. The van der Waals surface area contributed by atoms with Crippen LogP contribution >= 0.6 is 40.5 Å². The molecule has 5 aromatic carbocycles. The maximum atomic E-state index is 13.4. The van der Waals surface area contributed by atoms with Crippen molar-refractivity contribution in [3.63, 3.8) is 0 Å². The summed E-state index contributed by atoms with van der Waals surface area (Å²) in [7, 11) is -6.55. The van der Waals surface area contributed by atoms with Crippen molar-refractivity contribution >= 4 is 60.7 Å². The van der Waals surface area contributed by atoms with Gasteiger partial charge < -0.3 is 0 Å². The van der Waals surface area contributed by atoms with Crippen molar-refractivity contribution in [2.45, 2.75) is 23.6 Å². The summed E-state index contributed by atoms with van der Waals surface area (Å²) in [6.07, 6.45) is 0. The van der Waals surface area contributed by atoms with E-state index in [0.717, 1.165) is 25.4 Å². The molecule has 7 nitrogen and oxygen atoms in total. The molecule has 0 fully saturated rings. The van der Waals surface area contributed by atoms with Gasteiger partial charge in [0.05, 0.1) is 0 Å². The zero-order valence-electron chi connectivity index (χ0n) is 24.1. The molecule has 0 unspecified atom stereocenters. The van der Waals surface area contributed by atoms with Crippen LogP contribution in [0.4, 0.5) is 0 Å². The van der Waals surface area contributed by atoms with Gasteiger partial charge in [0, 0.05) is 0 Å². The van der Waals surface area contributed by atoms with Gasteiger partial charge in [-0.25, -0.2) is 0 Å². The van der Waals surface area contributed by atoms with E-state index in [9.17, 15) is 16.8 Å². The summed E-state index contributed by atoms with van der Waals surface area (Å²) in [6.45, 7) is 3.77. The SMILES string of the molecule is COc1ccc(I(OS(=O)(=O)c2ccc(C)cc2)c2ccc(I(OS(=O)(=O)c3ccc(C)cc3)c3ccccc3)cc2)cc1. The van der Waals surface area contributed by atoms with Gasteiger partial charge in [-0.3, -0.25) is 0 Å². The van der Waals surface area contributed by atoms with Crippen LogP contribution in [0.5, 0.6) is 5.75 Å². The molecule has 0 aliphatic rings. The van der Waals surface area contributed by atoms with Crippen molar-refractivity contribution in [3.8, 4) is 5.75 Å². The van der Waals surface area contributed by atoms with Gasteiger partial charge in [0.15, 0.2) is 0 Å². The molecule has 0 atom stereocenters. The molecular weight excluding hydrogens is 826 g/mol. The Bertz CT molecular complexity index is 1910. The van der Waals surface area contributed by atoms with Gasteiger partial charge in [0.2, 0.25) is 0 Å². The predicted octanol–water partition coefficient (Wildman–Crippen LogP) is 8.04. The molecule has 0 aliphatic carbocycles. The Labute approximate surface area is 274 Å². The summed E-state index contributed by atoms with van der Waals surface area (Å²) in [5.41, 5.74) is 1.88. The minimum absolute atomic E-state index is 0.0859. The standard InChI is InChI=1S/C33H30I2O7S2/c1-25-9-21-32(22-10-25)43(36,37)41-34(27-7-5-4-6-8-27)28-13-15-29(16-14-28)35(30-17-19-31(40-3)20-18-30)42-44(38,39)33-23-11-26(2)12-24-33/h4-24H,1-3H3. The van der Waals surface area contributed by atoms with Crippen molar-refractivity contribution in [2.75, 3.05) is 7.11 Å². The van der Waals surface area contributed by atoms with E-state index in [2.05, 4.69) is 0 Å². The van der Waals surface area contributed by atoms with E-state index in [4.69, 9.17) is 9.76 Å². The van der Waals surface area contributed by atoms with E-state index in [1.54, 1.807) is 67.8 Å². The van der Waals surface area contributed by atoms with E-state index in [0.29, 0.717) is 5.75 Å².